The Kier molecular flexibility index (Phi) is 3.82. The fourth-order valence-electron chi connectivity index (χ4n) is 3.42. The maximum absolute atomic E-state index is 2.70. The first-order valence-corrected chi connectivity index (χ1v) is 7.79. The molecule has 0 aliphatic heterocycles. The van der Waals surface area contributed by atoms with Gasteiger partial charge in [-0.15, -0.1) is 0 Å². The molecule has 1 fully saturated rings. The Hall–Kier alpha value is 0.210. The van der Waals surface area contributed by atoms with E-state index in [0.717, 1.165) is 21.7 Å². The summed E-state index contributed by atoms with van der Waals surface area (Å²) in [5.74, 6) is 3.32. The van der Waals surface area contributed by atoms with Crippen LogP contribution < -0.4 is 0 Å². The van der Waals surface area contributed by atoms with Crippen LogP contribution in [-0.4, -0.2) is 3.92 Å². The van der Waals surface area contributed by atoms with E-state index in [9.17, 15) is 0 Å². The second-order valence-corrected chi connectivity index (χ2v) is 7.21. The highest BCUT2D eigenvalue weighted by atomic mass is 127. The molecule has 0 aromatic carbocycles. The number of hydrogen-bond acceptors (Lipinski definition) is 0. The first-order valence-electron chi connectivity index (χ1n) is 6.54. The normalized spacial score (nSPS) is 39.1. The zero-order valence-corrected chi connectivity index (χ0v) is 13.0. The van der Waals surface area contributed by atoms with E-state index in [0.29, 0.717) is 5.92 Å². The van der Waals surface area contributed by atoms with Crippen molar-refractivity contribution in [2.45, 2.75) is 44.5 Å². The molecule has 0 aromatic heterocycles. The number of alkyl halides is 1. The van der Waals surface area contributed by atoms with Crippen molar-refractivity contribution in [3.8, 4) is 0 Å². The van der Waals surface area contributed by atoms with Gasteiger partial charge in [0.05, 0.1) is 0 Å². The molecule has 0 aromatic rings. The molecule has 0 radical (unpaired) electrons. The van der Waals surface area contributed by atoms with Crippen LogP contribution in [-0.2, 0) is 0 Å². The molecule has 0 saturated heterocycles. The summed E-state index contributed by atoms with van der Waals surface area (Å²) in [5.41, 5.74) is 3.27. The summed E-state index contributed by atoms with van der Waals surface area (Å²) < 4.78 is 0.744. The zero-order valence-electron chi connectivity index (χ0n) is 10.8. The molecule has 16 heavy (non-hydrogen) atoms. The van der Waals surface area contributed by atoms with Gasteiger partial charge in [-0.25, -0.2) is 0 Å². The van der Waals surface area contributed by atoms with E-state index in [4.69, 9.17) is 0 Å². The number of fused-ring (bicyclic) bond motifs is 1. The van der Waals surface area contributed by atoms with Crippen molar-refractivity contribution in [2.75, 3.05) is 0 Å². The predicted octanol–water partition coefficient (Wildman–Crippen LogP) is 4.99. The minimum Gasteiger partial charge on any atom is -0.0774 e. The van der Waals surface area contributed by atoms with E-state index in [1.807, 2.05) is 0 Å². The fraction of sp³-hybridized carbons (Fsp3) is 0.733. The molecule has 0 heterocycles. The zero-order chi connectivity index (χ0) is 11.9. The van der Waals surface area contributed by atoms with Crippen molar-refractivity contribution < 1.29 is 0 Å². The molecule has 0 bridgehead atoms. The van der Waals surface area contributed by atoms with Gasteiger partial charge in [0.2, 0.25) is 0 Å². The summed E-state index contributed by atoms with van der Waals surface area (Å²) in [6.45, 7) is 9.45. The van der Waals surface area contributed by atoms with Crippen molar-refractivity contribution in [1.82, 2.24) is 0 Å². The highest BCUT2D eigenvalue weighted by molar-refractivity contribution is 14.1. The molecule has 0 N–H and O–H groups in total. The van der Waals surface area contributed by atoms with Gasteiger partial charge in [0, 0.05) is 3.92 Å². The number of rotatable bonds is 1. The summed E-state index contributed by atoms with van der Waals surface area (Å²) in [6, 6.07) is 0. The fourth-order valence-corrected chi connectivity index (χ4v) is 5.56. The third-order valence-electron chi connectivity index (χ3n) is 4.50. The summed E-state index contributed by atoms with van der Waals surface area (Å²) in [4.78, 5) is 0. The lowest BCUT2D eigenvalue weighted by molar-refractivity contribution is 0.367. The Morgan fingerprint density at radius 1 is 1.25 bits per heavy atom. The molecule has 1 heteroatoms. The maximum Gasteiger partial charge on any atom is 0.0360 e. The quantitative estimate of drug-likeness (QED) is 0.469. The minimum atomic E-state index is 0.692. The third kappa shape index (κ3) is 2.12. The Labute approximate surface area is 114 Å². The van der Waals surface area contributed by atoms with Crippen LogP contribution in [0.3, 0.4) is 0 Å². The topological polar surface area (TPSA) is 0 Å². The molecular formula is C15H23I. The van der Waals surface area contributed by atoms with E-state index in [-0.39, 0.29) is 0 Å². The molecule has 2 aliphatic rings. The maximum atomic E-state index is 2.70. The van der Waals surface area contributed by atoms with Crippen LogP contribution in [0.15, 0.2) is 23.3 Å². The average molecular weight is 330 g/mol. The van der Waals surface area contributed by atoms with Crippen LogP contribution in [0, 0.1) is 23.7 Å². The molecule has 2 aliphatic carbocycles. The van der Waals surface area contributed by atoms with Crippen LogP contribution in [0.1, 0.15) is 40.5 Å². The van der Waals surface area contributed by atoms with E-state index in [1.54, 1.807) is 11.1 Å². The monoisotopic (exact) mass is 330 g/mol. The van der Waals surface area contributed by atoms with Crippen molar-refractivity contribution in [3.05, 3.63) is 23.3 Å². The Morgan fingerprint density at radius 3 is 2.56 bits per heavy atom. The van der Waals surface area contributed by atoms with Crippen LogP contribution in [0.25, 0.3) is 0 Å². The van der Waals surface area contributed by atoms with Crippen molar-refractivity contribution in [3.63, 3.8) is 0 Å². The van der Waals surface area contributed by atoms with Gasteiger partial charge in [-0.2, -0.15) is 0 Å². The minimum absolute atomic E-state index is 0.692. The smallest absolute Gasteiger partial charge is 0.0360 e. The Balaban J connectivity index is 2.35. The van der Waals surface area contributed by atoms with Gasteiger partial charge in [-0.3, -0.25) is 0 Å². The molecule has 0 nitrogen and oxygen atoms in total. The standard InChI is InChI=1S/C15H23I/c1-9(2)12-7-5-10(3)13-8-6-11(4)14(13)15(12)16/h5,7,9,11,13-15H,6,8H2,1-4H3/t11?,13?,14?,15-/m0/s1. The first-order chi connectivity index (χ1) is 7.52. The Morgan fingerprint density at radius 2 is 1.94 bits per heavy atom. The van der Waals surface area contributed by atoms with Gasteiger partial charge in [-0.1, -0.05) is 66.7 Å². The van der Waals surface area contributed by atoms with Crippen molar-refractivity contribution in [1.29, 1.82) is 0 Å². The lowest BCUT2D eigenvalue weighted by Crippen LogP contribution is -2.26. The van der Waals surface area contributed by atoms with E-state index >= 15 is 0 Å². The highest BCUT2D eigenvalue weighted by Crippen LogP contribution is 2.49. The predicted molar refractivity (Wildman–Crippen MR) is 79.9 cm³/mol. The van der Waals surface area contributed by atoms with Crippen LogP contribution in [0.4, 0.5) is 0 Å². The highest BCUT2D eigenvalue weighted by Gasteiger charge is 2.40. The molecule has 0 amide bonds. The summed E-state index contributed by atoms with van der Waals surface area (Å²) in [5, 5.41) is 0. The van der Waals surface area contributed by atoms with E-state index in [1.165, 1.54) is 12.8 Å². The van der Waals surface area contributed by atoms with Crippen molar-refractivity contribution in [2.24, 2.45) is 23.7 Å². The molecule has 3 unspecified atom stereocenters. The molecular weight excluding hydrogens is 307 g/mol. The number of allylic oxidation sites excluding steroid dienone is 4. The molecule has 2 rings (SSSR count). The summed E-state index contributed by atoms with van der Waals surface area (Å²) in [7, 11) is 0. The average Bonchev–Trinajstić information content (AvgIpc) is 2.53. The summed E-state index contributed by atoms with van der Waals surface area (Å²) >= 11 is 2.70. The van der Waals surface area contributed by atoms with Gasteiger partial charge >= 0.3 is 0 Å². The second-order valence-electron chi connectivity index (χ2n) is 5.87. The van der Waals surface area contributed by atoms with Crippen LogP contribution >= 0.6 is 22.6 Å². The van der Waals surface area contributed by atoms with E-state index < -0.39 is 0 Å². The van der Waals surface area contributed by atoms with Gasteiger partial charge < -0.3 is 0 Å². The Bertz CT molecular complexity index is 324. The van der Waals surface area contributed by atoms with Gasteiger partial charge in [0.25, 0.3) is 0 Å². The second kappa shape index (κ2) is 4.83. The summed E-state index contributed by atoms with van der Waals surface area (Å²) in [6.07, 6.45) is 7.63. The SMILES string of the molecule is CC1=CC=C(C(C)C)[C@H](I)C2C(C)CCC12. The molecule has 0 spiro atoms. The van der Waals surface area contributed by atoms with Crippen LogP contribution in [0.2, 0.25) is 0 Å². The largest absolute Gasteiger partial charge is 0.0774 e. The number of halogens is 1. The van der Waals surface area contributed by atoms with Crippen molar-refractivity contribution >= 4 is 22.6 Å². The lowest BCUT2D eigenvalue weighted by Gasteiger charge is -2.30. The van der Waals surface area contributed by atoms with Gasteiger partial charge in [-0.05, 0) is 43.4 Å². The lowest BCUT2D eigenvalue weighted by atomic mass is 9.81. The van der Waals surface area contributed by atoms with E-state index in [2.05, 4.69) is 62.4 Å². The molecule has 1 saturated carbocycles. The van der Waals surface area contributed by atoms with Crippen LogP contribution in [0.5, 0.6) is 0 Å². The number of hydrogen-bond donors (Lipinski definition) is 0. The molecule has 90 valence electrons. The van der Waals surface area contributed by atoms with Gasteiger partial charge in [0.15, 0.2) is 0 Å². The molecule has 4 atom stereocenters. The third-order valence-corrected chi connectivity index (χ3v) is 6.05. The van der Waals surface area contributed by atoms with Gasteiger partial charge in [0.1, 0.15) is 0 Å². The first kappa shape index (κ1) is 12.7.